The lowest BCUT2D eigenvalue weighted by molar-refractivity contribution is -0.142. The van der Waals surface area contributed by atoms with Crippen molar-refractivity contribution in [1.82, 2.24) is 9.80 Å². The number of esters is 1. The summed E-state index contributed by atoms with van der Waals surface area (Å²) in [5.74, 6) is -0.127. The molecule has 0 spiro atoms. The molecule has 0 saturated carbocycles. The molecule has 0 aromatic carbocycles. The second-order valence-electron chi connectivity index (χ2n) is 4.22. The zero-order valence-corrected chi connectivity index (χ0v) is 10.0. The average Bonchev–Trinajstić information content (AvgIpc) is 2.40. The van der Waals surface area contributed by atoms with Crippen LogP contribution in [-0.4, -0.2) is 62.1 Å². The van der Waals surface area contributed by atoms with E-state index in [0.717, 1.165) is 32.5 Å². The molecule has 1 unspecified atom stereocenters. The molecule has 1 heterocycles. The summed E-state index contributed by atoms with van der Waals surface area (Å²) in [5.41, 5.74) is 0. The first-order chi connectivity index (χ1) is 7.17. The van der Waals surface area contributed by atoms with Crippen LogP contribution in [-0.2, 0) is 9.53 Å². The van der Waals surface area contributed by atoms with Gasteiger partial charge in [0.05, 0.1) is 13.7 Å². The maximum atomic E-state index is 11.3. The van der Waals surface area contributed by atoms with Crippen molar-refractivity contribution >= 4 is 5.97 Å². The molecule has 0 amide bonds. The van der Waals surface area contributed by atoms with Gasteiger partial charge in [-0.15, -0.1) is 0 Å². The first-order valence-corrected chi connectivity index (χ1v) is 5.66. The number of nitrogens with zero attached hydrogens (tertiary/aromatic N) is 2. The number of hydrogen-bond acceptors (Lipinski definition) is 4. The molecule has 0 bridgehead atoms. The van der Waals surface area contributed by atoms with Crippen LogP contribution in [0, 0.1) is 0 Å². The second-order valence-corrected chi connectivity index (χ2v) is 4.22. The number of ether oxygens (including phenoxy) is 1. The fourth-order valence-corrected chi connectivity index (χ4v) is 2.12. The van der Waals surface area contributed by atoms with Crippen LogP contribution in [0.3, 0.4) is 0 Å². The molecule has 0 radical (unpaired) electrons. The van der Waals surface area contributed by atoms with Crippen LogP contribution in [0.5, 0.6) is 0 Å². The van der Waals surface area contributed by atoms with Crippen molar-refractivity contribution in [2.24, 2.45) is 0 Å². The Balaban J connectivity index is 2.54. The molecule has 4 nitrogen and oxygen atoms in total. The van der Waals surface area contributed by atoms with E-state index < -0.39 is 0 Å². The predicted octanol–water partition coefficient (Wildman–Crippen LogP) is 0.575. The van der Waals surface area contributed by atoms with Gasteiger partial charge in [0.1, 0.15) is 0 Å². The van der Waals surface area contributed by atoms with Crippen LogP contribution in [0.25, 0.3) is 0 Å². The highest BCUT2D eigenvalue weighted by Crippen LogP contribution is 2.11. The summed E-state index contributed by atoms with van der Waals surface area (Å²) in [6.45, 7) is 5.77. The first kappa shape index (κ1) is 12.5. The summed E-state index contributed by atoms with van der Waals surface area (Å²) < 4.78 is 4.72. The molecule has 4 heteroatoms. The van der Waals surface area contributed by atoms with Gasteiger partial charge in [-0.2, -0.15) is 0 Å². The highest BCUT2D eigenvalue weighted by Gasteiger charge is 2.23. The molecule has 0 aromatic rings. The third-order valence-corrected chi connectivity index (χ3v) is 3.06. The van der Waals surface area contributed by atoms with E-state index in [-0.39, 0.29) is 5.97 Å². The van der Waals surface area contributed by atoms with Gasteiger partial charge in [0.2, 0.25) is 0 Å². The first-order valence-electron chi connectivity index (χ1n) is 5.66. The maximum Gasteiger partial charge on any atom is 0.319 e. The molecular weight excluding hydrogens is 192 g/mol. The van der Waals surface area contributed by atoms with E-state index in [9.17, 15) is 4.79 Å². The minimum absolute atomic E-state index is 0.127. The lowest BCUT2D eigenvalue weighted by Gasteiger charge is -2.28. The summed E-state index contributed by atoms with van der Waals surface area (Å²) in [6, 6.07) is 0.483. The largest absolute Gasteiger partial charge is 0.468 e. The monoisotopic (exact) mass is 214 g/mol. The number of rotatable bonds is 3. The third kappa shape index (κ3) is 3.80. The normalized spacial score (nSPS) is 24.9. The zero-order valence-electron chi connectivity index (χ0n) is 10.0. The molecule has 1 saturated heterocycles. The Morgan fingerprint density at radius 2 is 2.20 bits per heavy atom. The fraction of sp³-hybridized carbons (Fsp3) is 0.909. The Labute approximate surface area is 92.2 Å². The molecule has 1 atom stereocenters. The van der Waals surface area contributed by atoms with Gasteiger partial charge in [-0.3, -0.25) is 9.69 Å². The highest BCUT2D eigenvalue weighted by atomic mass is 16.5. The number of carbonyl (C=O) groups excluding carboxylic acids is 1. The lowest BCUT2D eigenvalue weighted by atomic mass is 10.2. The van der Waals surface area contributed by atoms with Crippen LogP contribution < -0.4 is 0 Å². The lowest BCUT2D eigenvalue weighted by Crippen LogP contribution is -2.42. The summed E-state index contributed by atoms with van der Waals surface area (Å²) in [4.78, 5) is 15.8. The van der Waals surface area contributed by atoms with Crippen molar-refractivity contribution in [1.29, 1.82) is 0 Å². The Morgan fingerprint density at radius 3 is 2.80 bits per heavy atom. The maximum absolute atomic E-state index is 11.3. The van der Waals surface area contributed by atoms with Gasteiger partial charge >= 0.3 is 5.97 Å². The molecule has 0 aromatic heterocycles. The van der Waals surface area contributed by atoms with E-state index in [1.54, 1.807) is 0 Å². The van der Waals surface area contributed by atoms with Crippen LogP contribution in [0.4, 0.5) is 0 Å². The summed E-state index contributed by atoms with van der Waals surface area (Å²) in [7, 11) is 3.59. The summed E-state index contributed by atoms with van der Waals surface area (Å²) in [5, 5.41) is 0. The van der Waals surface area contributed by atoms with E-state index in [4.69, 9.17) is 4.74 Å². The minimum Gasteiger partial charge on any atom is -0.468 e. The van der Waals surface area contributed by atoms with E-state index >= 15 is 0 Å². The van der Waals surface area contributed by atoms with E-state index in [0.29, 0.717) is 12.6 Å². The summed E-state index contributed by atoms with van der Waals surface area (Å²) >= 11 is 0. The molecule has 15 heavy (non-hydrogen) atoms. The smallest absolute Gasteiger partial charge is 0.319 e. The van der Waals surface area contributed by atoms with Gasteiger partial charge in [-0.1, -0.05) is 6.92 Å². The van der Waals surface area contributed by atoms with Gasteiger partial charge in [0.25, 0.3) is 0 Å². The molecular formula is C11H22N2O2. The number of carbonyl (C=O) groups is 1. The van der Waals surface area contributed by atoms with Crippen LogP contribution in [0.15, 0.2) is 0 Å². The fourth-order valence-electron chi connectivity index (χ4n) is 2.12. The van der Waals surface area contributed by atoms with Gasteiger partial charge in [-0.25, -0.2) is 0 Å². The van der Waals surface area contributed by atoms with Crippen molar-refractivity contribution in [2.45, 2.75) is 25.8 Å². The molecule has 0 N–H and O–H groups in total. The Hall–Kier alpha value is -0.610. The zero-order chi connectivity index (χ0) is 11.3. The van der Waals surface area contributed by atoms with E-state index in [2.05, 4.69) is 23.8 Å². The molecule has 1 aliphatic heterocycles. The van der Waals surface area contributed by atoms with Gasteiger partial charge < -0.3 is 9.64 Å². The number of hydrogen-bond donors (Lipinski definition) is 0. The van der Waals surface area contributed by atoms with Gasteiger partial charge in [0, 0.05) is 19.1 Å². The minimum atomic E-state index is -0.127. The molecule has 1 aliphatic rings. The highest BCUT2D eigenvalue weighted by molar-refractivity contribution is 5.71. The van der Waals surface area contributed by atoms with Crippen molar-refractivity contribution in [3.63, 3.8) is 0 Å². The van der Waals surface area contributed by atoms with Crippen molar-refractivity contribution in [3.05, 3.63) is 0 Å². The molecule has 88 valence electrons. The summed E-state index contributed by atoms with van der Waals surface area (Å²) in [6.07, 6.45) is 2.21. The van der Waals surface area contributed by atoms with Crippen molar-refractivity contribution in [2.75, 3.05) is 40.3 Å². The quantitative estimate of drug-likeness (QED) is 0.643. The molecule has 1 rings (SSSR count). The number of likely N-dealkylation sites (N-methyl/N-ethyl adjacent to an activating group) is 1. The van der Waals surface area contributed by atoms with Crippen LogP contribution in [0.1, 0.15) is 19.8 Å². The van der Waals surface area contributed by atoms with Crippen molar-refractivity contribution < 1.29 is 9.53 Å². The van der Waals surface area contributed by atoms with E-state index in [1.807, 2.05) is 0 Å². The average molecular weight is 214 g/mol. The second kappa shape index (κ2) is 6.08. The SMILES string of the molecule is CCC1CN(C)CCCN1CC(=O)OC. The predicted molar refractivity (Wildman–Crippen MR) is 59.8 cm³/mol. The third-order valence-electron chi connectivity index (χ3n) is 3.06. The Kier molecular flexibility index (Phi) is 5.05. The van der Waals surface area contributed by atoms with Crippen LogP contribution in [0.2, 0.25) is 0 Å². The molecule has 1 fully saturated rings. The Morgan fingerprint density at radius 1 is 1.47 bits per heavy atom. The van der Waals surface area contributed by atoms with Gasteiger partial charge in [-0.05, 0) is 26.4 Å². The standard InChI is InChI=1S/C11H22N2O2/c1-4-10-8-12(2)6-5-7-13(10)9-11(14)15-3/h10H,4-9H2,1-3H3. The number of methoxy groups -OCH3 is 1. The topological polar surface area (TPSA) is 32.8 Å². The van der Waals surface area contributed by atoms with Crippen molar-refractivity contribution in [3.8, 4) is 0 Å². The van der Waals surface area contributed by atoms with Crippen LogP contribution >= 0.6 is 0 Å². The Bertz CT molecular complexity index is 209. The molecule has 0 aliphatic carbocycles. The van der Waals surface area contributed by atoms with Gasteiger partial charge in [0.15, 0.2) is 0 Å². The van der Waals surface area contributed by atoms with E-state index in [1.165, 1.54) is 7.11 Å².